The van der Waals surface area contributed by atoms with E-state index in [1.165, 1.54) is 26.0 Å². The molecule has 0 aromatic carbocycles. The molecule has 2 amide bonds. The Morgan fingerprint density at radius 1 is 1.33 bits per heavy atom. The summed E-state index contributed by atoms with van der Waals surface area (Å²) >= 11 is 0. The Bertz CT molecular complexity index is 1070. The van der Waals surface area contributed by atoms with Crippen LogP contribution in [0.4, 0.5) is 13.2 Å². The summed E-state index contributed by atoms with van der Waals surface area (Å²) in [5.41, 5.74) is -2.30. The lowest BCUT2D eigenvalue weighted by molar-refractivity contribution is -0.141. The van der Waals surface area contributed by atoms with Gasteiger partial charge in [-0.2, -0.15) is 13.2 Å². The Kier molecular flexibility index (Phi) is 6.73. The number of amides is 2. The van der Waals surface area contributed by atoms with Gasteiger partial charge in [-0.15, -0.1) is 0 Å². The van der Waals surface area contributed by atoms with Crippen LogP contribution >= 0.6 is 0 Å². The number of halogens is 3. The van der Waals surface area contributed by atoms with Crippen molar-refractivity contribution in [1.82, 2.24) is 20.9 Å². The SMILES string of the molecule is CC(C)(O)C1=CC(=N)/C(=C\NCC2CCC(=O)N2)C=C1NC(=O)c1cccc(C(F)(F)F)n1. The molecule has 0 bridgehead atoms. The highest BCUT2D eigenvalue weighted by atomic mass is 19.4. The summed E-state index contributed by atoms with van der Waals surface area (Å²) in [4.78, 5) is 27.3. The Morgan fingerprint density at radius 2 is 2.06 bits per heavy atom. The molecule has 33 heavy (non-hydrogen) atoms. The molecule has 0 radical (unpaired) electrons. The van der Waals surface area contributed by atoms with Crippen LogP contribution in [-0.2, 0) is 11.0 Å². The Hall–Kier alpha value is -3.47. The van der Waals surface area contributed by atoms with Crippen LogP contribution < -0.4 is 16.0 Å². The number of alkyl halides is 3. The molecule has 0 spiro atoms. The molecular weight excluding hydrogens is 439 g/mol. The third-order valence-corrected chi connectivity index (χ3v) is 5.08. The predicted octanol–water partition coefficient (Wildman–Crippen LogP) is 2.20. The minimum absolute atomic E-state index is 0.0225. The van der Waals surface area contributed by atoms with Crippen molar-refractivity contribution in [2.45, 2.75) is 44.5 Å². The molecule has 5 N–H and O–H groups in total. The summed E-state index contributed by atoms with van der Waals surface area (Å²) in [6, 6.07) is 2.96. The molecule has 8 nitrogen and oxygen atoms in total. The van der Waals surface area contributed by atoms with E-state index in [4.69, 9.17) is 5.41 Å². The van der Waals surface area contributed by atoms with Crippen molar-refractivity contribution in [1.29, 1.82) is 5.41 Å². The van der Waals surface area contributed by atoms with Crippen molar-refractivity contribution in [3.8, 4) is 0 Å². The fourth-order valence-electron chi connectivity index (χ4n) is 3.39. The molecule has 0 saturated carbocycles. The van der Waals surface area contributed by atoms with Gasteiger partial charge in [0.15, 0.2) is 0 Å². The van der Waals surface area contributed by atoms with Crippen LogP contribution in [-0.4, -0.2) is 45.8 Å². The van der Waals surface area contributed by atoms with E-state index in [0.717, 1.165) is 18.2 Å². The van der Waals surface area contributed by atoms with Crippen molar-refractivity contribution < 1.29 is 27.9 Å². The zero-order chi connectivity index (χ0) is 24.4. The normalized spacial score (nSPS) is 20.3. The van der Waals surface area contributed by atoms with E-state index in [0.29, 0.717) is 25.0 Å². The molecule has 1 saturated heterocycles. The Morgan fingerprint density at radius 3 is 2.67 bits per heavy atom. The molecule has 11 heteroatoms. The molecule has 3 rings (SSSR count). The number of hydrogen-bond acceptors (Lipinski definition) is 6. The van der Waals surface area contributed by atoms with Crippen LogP contribution in [0.2, 0.25) is 0 Å². The number of pyridine rings is 1. The average Bonchev–Trinajstić information content (AvgIpc) is 3.13. The molecule has 2 heterocycles. The highest BCUT2D eigenvalue weighted by molar-refractivity contribution is 6.11. The van der Waals surface area contributed by atoms with Crippen LogP contribution in [0.15, 0.2) is 53.4 Å². The standard InChI is InChI=1S/C22H24F3N5O3/c1-21(2,33)14-9-15(26)12(10-27-11-13-6-7-19(31)28-13)8-17(14)30-20(32)16-4-3-5-18(29-16)22(23,24)25/h3-5,8-10,13,26-27,33H,6-7,11H2,1-2H3,(H,28,31)(H,30,32)/b12-10-,26-15?. The third kappa shape index (κ3) is 6.07. The zero-order valence-electron chi connectivity index (χ0n) is 18.0. The fraction of sp³-hybridized carbons (Fsp3) is 0.364. The lowest BCUT2D eigenvalue weighted by Gasteiger charge is -2.28. The number of rotatable bonds is 6. The monoisotopic (exact) mass is 463 g/mol. The fourth-order valence-corrected chi connectivity index (χ4v) is 3.39. The number of allylic oxidation sites excluding steroid dienone is 3. The summed E-state index contributed by atoms with van der Waals surface area (Å²) in [5.74, 6) is -0.914. The number of aromatic nitrogens is 1. The lowest BCUT2D eigenvalue weighted by atomic mass is 9.87. The van der Waals surface area contributed by atoms with E-state index >= 15 is 0 Å². The predicted molar refractivity (Wildman–Crippen MR) is 114 cm³/mol. The van der Waals surface area contributed by atoms with Gasteiger partial charge in [-0.05, 0) is 44.6 Å². The van der Waals surface area contributed by atoms with Crippen LogP contribution in [0.3, 0.4) is 0 Å². The molecular formula is C22H24F3N5O3. The molecule has 1 unspecified atom stereocenters. The quantitative estimate of drug-likeness (QED) is 0.442. The summed E-state index contributed by atoms with van der Waals surface area (Å²) in [6.07, 6.45) is 0.807. The van der Waals surface area contributed by atoms with Gasteiger partial charge in [-0.3, -0.25) is 9.59 Å². The van der Waals surface area contributed by atoms with E-state index in [2.05, 4.69) is 20.9 Å². The smallest absolute Gasteiger partial charge is 0.388 e. The number of nitrogens with one attached hydrogen (secondary N) is 4. The first-order chi connectivity index (χ1) is 15.3. The second-order valence-electron chi connectivity index (χ2n) is 8.26. The number of carbonyl (C=O) groups is 2. The largest absolute Gasteiger partial charge is 0.433 e. The summed E-state index contributed by atoms with van der Waals surface area (Å²) in [6.45, 7) is 3.36. The van der Waals surface area contributed by atoms with Gasteiger partial charge < -0.3 is 26.5 Å². The topological polar surface area (TPSA) is 127 Å². The number of carbonyl (C=O) groups excluding carboxylic acids is 2. The van der Waals surface area contributed by atoms with Crippen molar-refractivity contribution in [3.63, 3.8) is 0 Å². The minimum atomic E-state index is -4.70. The van der Waals surface area contributed by atoms with E-state index < -0.39 is 29.1 Å². The van der Waals surface area contributed by atoms with Crippen LogP contribution in [0, 0.1) is 5.41 Å². The van der Waals surface area contributed by atoms with Crippen molar-refractivity contribution in [2.75, 3.05) is 6.54 Å². The zero-order valence-corrected chi connectivity index (χ0v) is 18.0. The maximum absolute atomic E-state index is 12.9. The van der Waals surface area contributed by atoms with E-state index in [1.54, 1.807) is 6.20 Å². The minimum Gasteiger partial charge on any atom is -0.388 e. The Labute approximate surface area is 188 Å². The van der Waals surface area contributed by atoms with Gasteiger partial charge in [0.2, 0.25) is 5.91 Å². The van der Waals surface area contributed by atoms with Gasteiger partial charge in [-0.1, -0.05) is 6.07 Å². The highest BCUT2D eigenvalue weighted by Gasteiger charge is 2.33. The number of hydrogen-bond donors (Lipinski definition) is 5. The molecule has 1 aliphatic heterocycles. The van der Waals surface area contributed by atoms with Gasteiger partial charge in [0.1, 0.15) is 11.4 Å². The van der Waals surface area contributed by atoms with E-state index in [-0.39, 0.29) is 28.9 Å². The second kappa shape index (κ2) is 9.18. The molecule has 1 fully saturated rings. The molecule has 1 atom stereocenters. The Balaban J connectivity index is 1.82. The van der Waals surface area contributed by atoms with Crippen molar-refractivity contribution in [3.05, 3.63) is 64.8 Å². The van der Waals surface area contributed by atoms with Crippen molar-refractivity contribution in [2.24, 2.45) is 0 Å². The maximum Gasteiger partial charge on any atom is 0.433 e. The maximum atomic E-state index is 12.9. The summed E-state index contributed by atoms with van der Waals surface area (Å²) < 4.78 is 38.8. The van der Waals surface area contributed by atoms with Gasteiger partial charge in [0, 0.05) is 42.1 Å². The first-order valence-electron chi connectivity index (χ1n) is 10.2. The lowest BCUT2D eigenvalue weighted by Crippen LogP contribution is -2.35. The molecule has 1 aliphatic carbocycles. The third-order valence-electron chi connectivity index (χ3n) is 5.08. The van der Waals surface area contributed by atoms with Crippen LogP contribution in [0.5, 0.6) is 0 Å². The molecule has 2 aliphatic rings. The molecule has 1 aromatic rings. The highest BCUT2D eigenvalue weighted by Crippen LogP contribution is 2.29. The molecule has 176 valence electrons. The van der Waals surface area contributed by atoms with Crippen LogP contribution in [0.1, 0.15) is 42.9 Å². The van der Waals surface area contributed by atoms with Gasteiger partial charge in [0.25, 0.3) is 5.91 Å². The van der Waals surface area contributed by atoms with Gasteiger partial charge in [0.05, 0.1) is 11.3 Å². The number of aliphatic hydroxyl groups is 1. The van der Waals surface area contributed by atoms with Gasteiger partial charge in [-0.25, -0.2) is 4.98 Å². The first-order valence-corrected chi connectivity index (χ1v) is 10.2. The number of nitrogens with zero attached hydrogens (tertiary/aromatic N) is 1. The van der Waals surface area contributed by atoms with Crippen LogP contribution in [0.25, 0.3) is 0 Å². The summed E-state index contributed by atoms with van der Waals surface area (Å²) in [7, 11) is 0. The average molecular weight is 463 g/mol. The van der Waals surface area contributed by atoms with E-state index in [9.17, 15) is 27.9 Å². The second-order valence-corrected chi connectivity index (χ2v) is 8.26. The van der Waals surface area contributed by atoms with Crippen molar-refractivity contribution >= 4 is 17.5 Å². The first kappa shape index (κ1) is 24.2. The molecule has 1 aromatic heterocycles. The van der Waals surface area contributed by atoms with E-state index in [1.807, 2.05) is 0 Å². The summed E-state index contributed by atoms with van der Waals surface area (Å²) in [5, 5.41) is 27.1. The van der Waals surface area contributed by atoms with Gasteiger partial charge >= 0.3 is 6.18 Å².